The summed E-state index contributed by atoms with van der Waals surface area (Å²) in [4.78, 5) is 30.6. The molecule has 98 valence electrons. The maximum Gasteiger partial charge on any atom is 0.341 e. The molecule has 8 nitrogen and oxygen atoms in total. The van der Waals surface area contributed by atoms with Gasteiger partial charge in [0.05, 0.1) is 11.9 Å². The Kier molecular flexibility index (Phi) is 3.23. The molecule has 0 unspecified atom stereocenters. The number of carboxylic acid groups (broad SMARTS) is 1. The van der Waals surface area contributed by atoms with E-state index in [9.17, 15) is 9.59 Å². The van der Waals surface area contributed by atoms with Crippen molar-refractivity contribution >= 4 is 17.7 Å². The lowest BCUT2D eigenvalue weighted by Gasteiger charge is -2.05. The lowest BCUT2D eigenvalue weighted by molar-refractivity contribution is 0.0697. The molecule has 0 aliphatic rings. The number of nitrogens with one attached hydrogen (secondary N) is 1. The van der Waals surface area contributed by atoms with Crippen molar-refractivity contribution in [3.05, 3.63) is 35.5 Å². The maximum atomic E-state index is 11.9. The number of hydrogen-bond acceptors (Lipinski definition) is 5. The summed E-state index contributed by atoms with van der Waals surface area (Å²) in [6.07, 6.45) is 4.11. The van der Waals surface area contributed by atoms with E-state index in [0.29, 0.717) is 5.69 Å². The fourth-order valence-electron chi connectivity index (χ4n) is 1.65. The van der Waals surface area contributed by atoms with Crippen molar-refractivity contribution in [2.45, 2.75) is 6.92 Å². The zero-order chi connectivity index (χ0) is 14.0. The number of anilines is 1. The predicted octanol–water partition coefficient (Wildman–Crippen LogP) is 0.469. The Balaban J connectivity index is 2.34. The number of carboxylic acids is 1. The number of hydrogen-bond donors (Lipinski definition) is 2. The van der Waals surface area contributed by atoms with E-state index < -0.39 is 11.9 Å². The van der Waals surface area contributed by atoms with Crippen LogP contribution in [-0.4, -0.2) is 36.7 Å². The highest BCUT2D eigenvalue weighted by atomic mass is 16.4. The summed E-state index contributed by atoms with van der Waals surface area (Å²) >= 11 is 0. The summed E-state index contributed by atoms with van der Waals surface area (Å²) in [5.74, 6) is -1.58. The van der Waals surface area contributed by atoms with Crippen LogP contribution in [0.2, 0.25) is 0 Å². The van der Waals surface area contributed by atoms with Gasteiger partial charge < -0.3 is 10.4 Å². The molecular formula is C11H11N5O3. The predicted molar refractivity (Wildman–Crippen MR) is 64.9 cm³/mol. The highest BCUT2D eigenvalue weighted by Crippen LogP contribution is 2.19. The van der Waals surface area contributed by atoms with Crippen LogP contribution < -0.4 is 5.32 Å². The number of aromatic carboxylic acids is 1. The zero-order valence-electron chi connectivity index (χ0n) is 10.3. The molecule has 0 aliphatic heterocycles. The minimum absolute atomic E-state index is 0.0419. The van der Waals surface area contributed by atoms with Crippen molar-refractivity contribution in [2.75, 3.05) is 5.32 Å². The van der Waals surface area contributed by atoms with Crippen LogP contribution in [0.4, 0.5) is 5.82 Å². The van der Waals surface area contributed by atoms with Crippen LogP contribution in [0.1, 0.15) is 26.5 Å². The number of aromatic nitrogens is 4. The van der Waals surface area contributed by atoms with Gasteiger partial charge >= 0.3 is 5.97 Å². The van der Waals surface area contributed by atoms with Crippen molar-refractivity contribution in [3.63, 3.8) is 0 Å². The summed E-state index contributed by atoms with van der Waals surface area (Å²) in [5, 5.41) is 15.6. The topological polar surface area (TPSA) is 110 Å². The minimum atomic E-state index is -1.15. The highest BCUT2D eigenvalue weighted by molar-refractivity contribution is 6.06. The second kappa shape index (κ2) is 4.84. The third-order valence-electron chi connectivity index (χ3n) is 2.46. The summed E-state index contributed by atoms with van der Waals surface area (Å²) in [7, 11) is 1.55. The van der Waals surface area contributed by atoms with Gasteiger partial charge in [0.25, 0.3) is 5.91 Å². The van der Waals surface area contributed by atoms with Crippen molar-refractivity contribution < 1.29 is 14.7 Å². The van der Waals surface area contributed by atoms with Crippen molar-refractivity contribution in [1.82, 2.24) is 19.7 Å². The molecule has 0 saturated heterocycles. The molecule has 2 aromatic heterocycles. The molecule has 0 bridgehead atoms. The number of nitrogens with zero attached hydrogens (tertiary/aromatic N) is 4. The van der Waals surface area contributed by atoms with Gasteiger partial charge in [0.1, 0.15) is 17.1 Å². The van der Waals surface area contributed by atoms with E-state index in [1.807, 2.05) is 0 Å². The standard InChI is InChI=1S/C11H11N5O3/c1-6-8(11(18)19)9(16(2)15-6)14-10(17)7-5-12-3-4-13-7/h3-5H,1-2H3,(H,14,17)(H,18,19). The Morgan fingerprint density at radius 3 is 2.68 bits per heavy atom. The normalized spacial score (nSPS) is 10.2. The Bertz CT molecular complexity index is 635. The lowest BCUT2D eigenvalue weighted by Crippen LogP contribution is -2.18. The van der Waals surface area contributed by atoms with Crippen molar-refractivity contribution in [1.29, 1.82) is 0 Å². The minimum Gasteiger partial charge on any atom is -0.477 e. The molecule has 8 heteroatoms. The molecule has 2 N–H and O–H groups in total. The van der Waals surface area contributed by atoms with E-state index in [2.05, 4.69) is 20.4 Å². The SMILES string of the molecule is Cc1nn(C)c(NC(=O)c2cnccn2)c1C(=O)O. The first-order valence-electron chi connectivity index (χ1n) is 5.35. The second-order valence-electron chi connectivity index (χ2n) is 3.78. The molecule has 0 atom stereocenters. The van der Waals surface area contributed by atoms with E-state index >= 15 is 0 Å². The molecule has 0 aliphatic carbocycles. The average Bonchev–Trinajstić information content (AvgIpc) is 2.65. The van der Waals surface area contributed by atoms with E-state index in [4.69, 9.17) is 5.11 Å². The molecule has 2 aromatic rings. The first kappa shape index (κ1) is 12.7. The molecule has 0 saturated carbocycles. The summed E-state index contributed by atoms with van der Waals surface area (Å²) in [6, 6.07) is 0. The summed E-state index contributed by atoms with van der Waals surface area (Å²) in [6.45, 7) is 1.56. The van der Waals surface area contributed by atoms with E-state index in [0.717, 1.165) is 0 Å². The maximum absolute atomic E-state index is 11.9. The highest BCUT2D eigenvalue weighted by Gasteiger charge is 2.22. The number of carbonyl (C=O) groups excluding carboxylic acids is 1. The molecule has 1 amide bonds. The molecule has 19 heavy (non-hydrogen) atoms. The molecule has 0 radical (unpaired) electrons. The van der Waals surface area contributed by atoms with Crippen LogP contribution in [0.5, 0.6) is 0 Å². The fraction of sp³-hybridized carbons (Fsp3) is 0.182. The monoisotopic (exact) mass is 261 g/mol. The van der Waals surface area contributed by atoms with Crippen molar-refractivity contribution in [2.24, 2.45) is 7.05 Å². The Labute approximate surface area is 108 Å². The Morgan fingerprint density at radius 1 is 1.37 bits per heavy atom. The largest absolute Gasteiger partial charge is 0.477 e. The fourth-order valence-corrected chi connectivity index (χ4v) is 1.65. The molecule has 0 fully saturated rings. The van der Waals surface area contributed by atoms with Crippen molar-refractivity contribution in [3.8, 4) is 0 Å². The van der Waals surface area contributed by atoms with E-state index in [-0.39, 0.29) is 17.1 Å². The van der Waals surface area contributed by atoms with Crippen LogP contribution in [0.15, 0.2) is 18.6 Å². The number of carbonyl (C=O) groups is 2. The second-order valence-corrected chi connectivity index (χ2v) is 3.78. The van der Waals surface area contributed by atoms with Gasteiger partial charge in [0.15, 0.2) is 0 Å². The quantitative estimate of drug-likeness (QED) is 0.831. The Hall–Kier alpha value is -2.77. The molecule has 2 rings (SSSR count). The number of aryl methyl sites for hydroxylation is 2. The van der Waals surface area contributed by atoms with Gasteiger partial charge in [0.2, 0.25) is 0 Å². The van der Waals surface area contributed by atoms with Gasteiger partial charge in [-0.15, -0.1) is 0 Å². The Morgan fingerprint density at radius 2 is 2.11 bits per heavy atom. The smallest absolute Gasteiger partial charge is 0.341 e. The first-order chi connectivity index (χ1) is 9.00. The van der Waals surface area contributed by atoms with Gasteiger partial charge in [-0.2, -0.15) is 5.10 Å². The van der Waals surface area contributed by atoms with Crippen LogP contribution in [0, 0.1) is 6.92 Å². The third-order valence-corrected chi connectivity index (χ3v) is 2.46. The molecule has 2 heterocycles. The van der Waals surface area contributed by atoms with Gasteiger partial charge in [-0.3, -0.25) is 14.5 Å². The van der Waals surface area contributed by atoms with Gasteiger partial charge in [-0.1, -0.05) is 0 Å². The van der Waals surface area contributed by atoms with Crippen LogP contribution in [-0.2, 0) is 7.05 Å². The van der Waals surface area contributed by atoms with Crippen LogP contribution in [0.3, 0.4) is 0 Å². The van der Waals surface area contributed by atoms with E-state index in [1.165, 1.54) is 23.3 Å². The average molecular weight is 261 g/mol. The van der Waals surface area contributed by atoms with Gasteiger partial charge in [-0.25, -0.2) is 9.78 Å². The number of rotatable bonds is 3. The first-order valence-corrected chi connectivity index (χ1v) is 5.35. The van der Waals surface area contributed by atoms with Crippen LogP contribution in [0.25, 0.3) is 0 Å². The zero-order valence-corrected chi connectivity index (χ0v) is 10.3. The van der Waals surface area contributed by atoms with Gasteiger partial charge in [-0.05, 0) is 6.92 Å². The molecule has 0 spiro atoms. The molecular weight excluding hydrogens is 250 g/mol. The summed E-state index contributed by atoms with van der Waals surface area (Å²) in [5.41, 5.74) is 0.377. The summed E-state index contributed by atoms with van der Waals surface area (Å²) < 4.78 is 1.30. The van der Waals surface area contributed by atoms with Gasteiger partial charge in [0, 0.05) is 19.4 Å². The number of amides is 1. The van der Waals surface area contributed by atoms with Crippen LogP contribution >= 0.6 is 0 Å². The third kappa shape index (κ3) is 2.41. The van der Waals surface area contributed by atoms with E-state index in [1.54, 1.807) is 14.0 Å². The molecule has 0 aromatic carbocycles. The lowest BCUT2D eigenvalue weighted by atomic mass is 10.2.